The zero-order valence-electron chi connectivity index (χ0n) is 22.8. The summed E-state index contributed by atoms with van der Waals surface area (Å²) in [7, 11) is -6.61. The van der Waals surface area contributed by atoms with E-state index in [0.29, 0.717) is 17.1 Å². The quantitative estimate of drug-likeness (QED) is 0.279. The summed E-state index contributed by atoms with van der Waals surface area (Å²) >= 11 is 0. The van der Waals surface area contributed by atoms with Crippen LogP contribution >= 0.6 is 0 Å². The number of rotatable bonds is 10. The molecule has 3 aromatic carbocycles. The van der Waals surface area contributed by atoms with E-state index in [9.17, 15) is 21.6 Å². The molecular formula is C28H29N5O6S2. The molecule has 4 aromatic rings. The molecule has 0 saturated heterocycles. The zero-order valence-corrected chi connectivity index (χ0v) is 24.5. The minimum atomic E-state index is -4.11. The second-order valence-corrected chi connectivity index (χ2v) is 12.7. The summed E-state index contributed by atoms with van der Waals surface area (Å²) in [5.41, 5.74) is 2.66. The van der Waals surface area contributed by atoms with E-state index in [1.807, 2.05) is 6.92 Å². The highest BCUT2D eigenvalue weighted by Crippen LogP contribution is 2.26. The SMILES string of the molecule is COc1ccc(N(CC(=O)Nc2ccc(S(=O)(=O)Nc3nc(C)cc(C)n3)cc2)S(=O)(=O)c2ccc(C)cc2)cc1. The van der Waals surface area contributed by atoms with Crippen LogP contribution in [0.5, 0.6) is 5.75 Å². The number of ether oxygens (including phenoxy) is 1. The highest BCUT2D eigenvalue weighted by Gasteiger charge is 2.27. The smallest absolute Gasteiger partial charge is 0.264 e. The Morgan fingerprint density at radius 3 is 1.93 bits per heavy atom. The Hall–Kier alpha value is -4.49. The molecule has 0 radical (unpaired) electrons. The van der Waals surface area contributed by atoms with Crippen LogP contribution in [-0.2, 0) is 24.8 Å². The molecule has 214 valence electrons. The minimum absolute atomic E-state index is 0.0292. The van der Waals surface area contributed by atoms with Crippen molar-refractivity contribution in [1.82, 2.24) is 9.97 Å². The summed E-state index contributed by atoms with van der Waals surface area (Å²) in [5.74, 6) is -0.151. The van der Waals surface area contributed by atoms with Crippen molar-refractivity contribution in [3.8, 4) is 5.75 Å². The maximum atomic E-state index is 13.6. The topological polar surface area (TPSA) is 148 Å². The third kappa shape index (κ3) is 7.18. The monoisotopic (exact) mass is 595 g/mol. The van der Waals surface area contributed by atoms with Crippen molar-refractivity contribution in [2.24, 2.45) is 0 Å². The first-order valence-corrected chi connectivity index (χ1v) is 15.3. The molecule has 0 aliphatic heterocycles. The van der Waals surface area contributed by atoms with Crippen LogP contribution in [0.4, 0.5) is 17.3 Å². The van der Waals surface area contributed by atoms with Gasteiger partial charge in [-0.3, -0.25) is 9.10 Å². The fourth-order valence-corrected chi connectivity index (χ4v) is 6.26. The van der Waals surface area contributed by atoms with Gasteiger partial charge in [0.1, 0.15) is 12.3 Å². The van der Waals surface area contributed by atoms with Gasteiger partial charge in [-0.25, -0.2) is 31.5 Å². The van der Waals surface area contributed by atoms with Gasteiger partial charge in [-0.1, -0.05) is 17.7 Å². The number of methoxy groups -OCH3 is 1. The number of nitrogens with zero attached hydrogens (tertiary/aromatic N) is 3. The van der Waals surface area contributed by atoms with E-state index in [1.54, 1.807) is 56.3 Å². The summed E-state index contributed by atoms with van der Waals surface area (Å²) in [5, 5.41) is 2.63. The predicted octanol–water partition coefficient (Wildman–Crippen LogP) is 4.05. The largest absolute Gasteiger partial charge is 0.497 e. The maximum absolute atomic E-state index is 13.6. The number of amides is 1. The van der Waals surface area contributed by atoms with Crippen LogP contribution in [0.3, 0.4) is 0 Å². The third-order valence-corrected chi connectivity index (χ3v) is 9.05. The van der Waals surface area contributed by atoms with Gasteiger partial charge in [0.05, 0.1) is 22.6 Å². The van der Waals surface area contributed by atoms with Crippen molar-refractivity contribution >= 4 is 43.3 Å². The molecule has 1 heterocycles. The van der Waals surface area contributed by atoms with Gasteiger partial charge in [0.25, 0.3) is 20.0 Å². The second kappa shape index (κ2) is 11.9. The number of hydrogen-bond acceptors (Lipinski definition) is 8. The van der Waals surface area contributed by atoms with Crippen LogP contribution in [0.25, 0.3) is 0 Å². The molecule has 13 heteroatoms. The minimum Gasteiger partial charge on any atom is -0.497 e. The molecule has 0 fully saturated rings. The molecule has 0 bridgehead atoms. The molecule has 0 saturated carbocycles. The highest BCUT2D eigenvalue weighted by atomic mass is 32.2. The Morgan fingerprint density at radius 1 is 0.805 bits per heavy atom. The average Bonchev–Trinajstić information content (AvgIpc) is 2.91. The van der Waals surface area contributed by atoms with Crippen molar-refractivity contribution in [3.63, 3.8) is 0 Å². The lowest BCUT2D eigenvalue weighted by Gasteiger charge is -2.24. The molecule has 0 spiro atoms. The number of nitrogens with one attached hydrogen (secondary N) is 2. The Bertz CT molecular complexity index is 1740. The van der Waals surface area contributed by atoms with Gasteiger partial charge >= 0.3 is 0 Å². The lowest BCUT2D eigenvalue weighted by molar-refractivity contribution is -0.114. The lowest BCUT2D eigenvalue weighted by Crippen LogP contribution is -2.38. The first-order valence-electron chi connectivity index (χ1n) is 12.4. The predicted molar refractivity (Wildman–Crippen MR) is 156 cm³/mol. The van der Waals surface area contributed by atoms with Crippen LogP contribution < -0.4 is 19.1 Å². The third-order valence-electron chi connectivity index (χ3n) is 5.91. The van der Waals surface area contributed by atoms with Crippen LogP contribution in [-0.4, -0.2) is 46.4 Å². The Balaban J connectivity index is 1.53. The molecule has 11 nitrogen and oxygen atoms in total. The van der Waals surface area contributed by atoms with Crippen LogP contribution in [0.1, 0.15) is 17.0 Å². The van der Waals surface area contributed by atoms with E-state index in [0.717, 1.165) is 9.87 Å². The summed E-state index contributed by atoms with van der Waals surface area (Å²) in [4.78, 5) is 21.2. The highest BCUT2D eigenvalue weighted by molar-refractivity contribution is 7.93. The van der Waals surface area contributed by atoms with Gasteiger partial charge in [0.15, 0.2) is 0 Å². The number of anilines is 3. The molecule has 0 aliphatic carbocycles. The van der Waals surface area contributed by atoms with Crippen molar-refractivity contribution in [1.29, 1.82) is 0 Å². The molecule has 1 amide bonds. The van der Waals surface area contributed by atoms with Crippen LogP contribution in [0.15, 0.2) is 88.7 Å². The van der Waals surface area contributed by atoms with E-state index in [-0.39, 0.29) is 27.1 Å². The molecule has 0 aliphatic rings. The fourth-order valence-electron chi connectivity index (χ4n) is 3.90. The Kier molecular flexibility index (Phi) is 8.59. The van der Waals surface area contributed by atoms with Gasteiger partial charge in [-0.05, 0) is 87.5 Å². The lowest BCUT2D eigenvalue weighted by atomic mass is 10.2. The Morgan fingerprint density at radius 2 is 1.37 bits per heavy atom. The summed E-state index contributed by atoms with van der Waals surface area (Å²) in [6.07, 6.45) is 0. The van der Waals surface area contributed by atoms with E-state index in [2.05, 4.69) is 20.0 Å². The average molecular weight is 596 g/mol. The molecular weight excluding hydrogens is 566 g/mol. The van der Waals surface area contributed by atoms with Gasteiger partial charge in [0.2, 0.25) is 11.9 Å². The van der Waals surface area contributed by atoms with Crippen LogP contribution in [0, 0.1) is 20.8 Å². The molecule has 2 N–H and O–H groups in total. The number of carbonyl (C=O) groups is 1. The number of benzene rings is 3. The van der Waals surface area contributed by atoms with Gasteiger partial charge in [0, 0.05) is 17.1 Å². The fraction of sp³-hybridized carbons (Fsp3) is 0.179. The summed E-state index contributed by atoms with van der Waals surface area (Å²) < 4.78 is 61.3. The summed E-state index contributed by atoms with van der Waals surface area (Å²) in [6.45, 7) is 4.76. The van der Waals surface area contributed by atoms with Crippen molar-refractivity contribution in [3.05, 3.63) is 95.8 Å². The first kappa shape index (κ1) is 29.5. The van der Waals surface area contributed by atoms with Gasteiger partial charge < -0.3 is 10.1 Å². The first-order chi connectivity index (χ1) is 19.4. The number of sulfonamides is 2. The van der Waals surface area contributed by atoms with Gasteiger partial charge in [-0.15, -0.1) is 0 Å². The Labute approximate surface area is 239 Å². The number of carbonyl (C=O) groups excluding carboxylic acids is 1. The molecule has 1 aromatic heterocycles. The van der Waals surface area contributed by atoms with Gasteiger partial charge in [-0.2, -0.15) is 0 Å². The second-order valence-electron chi connectivity index (χ2n) is 9.18. The number of aromatic nitrogens is 2. The summed E-state index contributed by atoms with van der Waals surface area (Å²) in [6, 6.07) is 19.8. The normalized spacial score (nSPS) is 11.5. The standard InChI is InChI=1S/C28H29N5O6S2/c1-19-5-13-26(14-6-19)41(37,38)33(23-9-11-24(39-4)12-10-23)18-27(34)31-22-7-15-25(16-8-22)40(35,36)32-28-29-20(2)17-21(3)30-28/h5-17H,18H2,1-4H3,(H,31,34)(H,29,30,32). The molecule has 4 rings (SSSR count). The molecule has 0 atom stereocenters. The molecule has 41 heavy (non-hydrogen) atoms. The van der Waals surface area contributed by atoms with Crippen molar-refractivity contribution in [2.45, 2.75) is 30.6 Å². The maximum Gasteiger partial charge on any atom is 0.264 e. The van der Waals surface area contributed by atoms with E-state index >= 15 is 0 Å². The van der Waals surface area contributed by atoms with E-state index < -0.39 is 32.5 Å². The molecule has 0 unspecified atom stereocenters. The zero-order chi connectivity index (χ0) is 29.8. The van der Waals surface area contributed by atoms with Crippen molar-refractivity contribution in [2.75, 3.05) is 28.0 Å². The van der Waals surface area contributed by atoms with E-state index in [1.165, 1.54) is 43.5 Å². The van der Waals surface area contributed by atoms with Crippen LogP contribution in [0.2, 0.25) is 0 Å². The van der Waals surface area contributed by atoms with Crippen molar-refractivity contribution < 1.29 is 26.4 Å². The number of hydrogen-bond donors (Lipinski definition) is 2. The number of aryl methyl sites for hydroxylation is 3. The van der Waals surface area contributed by atoms with E-state index in [4.69, 9.17) is 4.74 Å².